The fourth-order valence-corrected chi connectivity index (χ4v) is 1.71. The second-order valence-corrected chi connectivity index (χ2v) is 4.28. The van der Waals surface area contributed by atoms with Crippen molar-refractivity contribution in [2.45, 2.75) is 13.0 Å². The highest BCUT2D eigenvalue weighted by molar-refractivity contribution is 5.92. The number of nitrogens with zero attached hydrogens (tertiary/aromatic N) is 2. The van der Waals surface area contributed by atoms with Gasteiger partial charge in [-0.2, -0.15) is 5.10 Å². The summed E-state index contributed by atoms with van der Waals surface area (Å²) in [4.78, 5) is 22.1. The number of carbonyl (C=O) groups excluding carboxylic acids is 1. The Kier molecular flexibility index (Phi) is 4.49. The predicted octanol–water partition coefficient (Wildman–Crippen LogP) is 1.14. The molecule has 0 bridgehead atoms. The maximum absolute atomic E-state index is 11.7. The van der Waals surface area contributed by atoms with Crippen LogP contribution in [0.5, 0.6) is 0 Å². The summed E-state index contributed by atoms with van der Waals surface area (Å²) in [6.07, 6.45) is 1.62. The van der Waals surface area contributed by atoms with E-state index in [1.54, 1.807) is 16.9 Å². The predicted molar refractivity (Wildman–Crippen MR) is 72.4 cm³/mol. The van der Waals surface area contributed by atoms with Crippen molar-refractivity contribution >= 4 is 11.9 Å². The first-order valence-electron chi connectivity index (χ1n) is 6.22. The number of aliphatic carboxylic acids is 1. The first kappa shape index (κ1) is 13.8. The van der Waals surface area contributed by atoms with E-state index < -0.39 is 5.97 Å². The molecule has 20 heavy (non-hydrogen) atoms. The van der Waals surface area contributed by atoms with E-state index >= 15 is 0 Å². The molecule has 2 rings (SSSR count). The number of amides is 1. The molecule has 0 spiro atoms. The second-order valence-electron chi connectivity index (χ2n) is 4.28. The van der Waals surface area contributed by atoms with Crippen LogP contribution in [-0.2, 0) is 11.3 Å². The smallest absolute Gasteiger partial charge is 0.305 e. The molecular formula is C14H15N3O3. The SMILES string of the molecule is O=C(O)CCNC(=O)c1ccn(Cc2ccccc2)n1. The molecule has 0 unspecified atom stereocenters. The zero-order valence-corrected chi connectivity index (χ0v) is 10.8. The van der Waals surface area contributed by atoms with Crippen LogP contribution < -0.4 is 5.32 Å². The molecule has 6 heteroatoms. The summed E-state index contributed by atoms with van der Waals surface area (Å²) >= 11 is 0. The molecule has 0 aliphatic carbocycles. The molecule has 0 saturated carbocycles. The summed E-state index contributed by atoms with van der Waals surface area (Å²) in [5, 5.41) is 15.2. The normalized spacial score (nSPS) is 10.2. The minimum atomic E-state index is -0.945. The van der Waals surface area contributed by atoms with Gasteiger partial charge in [0.2, 0.25) is 0 Å². The number of hydrogen-bond acceptors (Lipinski definition) is 3. The molecule has 1 heterocycles. The third-order valence-corrected chi connectivity index (χ3v) is 2.69. The highest BCUT2D eigenvalue weighted by atomic mass is 16.4. The molecule has 2 aromatic rings. The van der Waals surface area contributed by atoms with Crippen LogP contribution in [0.25, 0.3) is 0 Å². The number of carboxylic acid groups (broad SMARTS) is 1. The first-order chi connectivity index (χ1) is 9.65. The minimum Gasteiger partial charge on any atom is -0.481 e. The van der Waals surface area contributed by atoms with Crippen LogP contribution in [0.15, 0.2) is 42.6 Å². The average molecular weight is 273 g/mol. The Labute approximate surface area is 116 Å². The lowest BCUT2D eigenvalue weighted by Crippen LogP contribution is -2.26. The van der Waals surface area contributed by atoms with Gasteiger partial charge in [-0.3, -0.25) is 14.3 Å². The molecule has 0 fully saturated rings. The topological polar surface area (TPSA) is 84.2 Å². The van der Waals surface area contributed by atoms with Gasteiger partial charge in [0.25, 0.3) is 5.91 Å². The van der Waals surface area contributed by atoms with E-state index in [0.29, 0.717) is 6.54 Å². The van der Waals surface area contributed by atoms with Crippen LogP contribution in [0.1, 0.15) is 22.5 Å². The van der Waals surface area contributed by atoms with E-state index in [9.17, 15) is 9.59 Å². The molecule has 0 aliphatic heterocycles. The summed E-state index contributed by atoms with van der Waals surface area (Å²) < 4.78 is 1.67. The number of carbonyl (C=O) groups is 2. The lowest BCUT2D eigenvalue weighted by molar-refractivity contribution is -0.136. The standard InChI is InChI=1S/C14H15N3O3/c18-13(19)6-8-15-14(20)12-7-9-17(16-12)10-11-4-2-1-3-5-11/h1-5,7,9H,6,8,10H2,(H,15,20)(H,18,19). The molecule has 104 valence electrons. The van der Waals surface area contributed by atoms with Crippen molar-refractivity contribution in [3.8, 4) is 0 Å². The van der Waals surface area contributed by atoms with Crippen LogP contribution in [0.4, 0.5) is 0 Å². The van der Waals surface area contributed by atoms with Crippen molar-refractivity contribution in [2.75, 3.05) is 6.54 Å². The van der Waals surface area contributed by atoms with Gasteiger partial charge < -0.3 is 10.4 Å². The van der Waals surface area contributed by atoms with Crippen molar-refractivity contribution in [2.24, 2.45) is 0 Å². The lowest BCUT2D eigenvalue weighted by atomic mass is 10.2. The molecule has 0 atom stereocenters. The van der Waals surface area contributed by atoms with E-state index in [1.165, 1.54) is 0 Å². The third-order valence-electron chi connectivity index (χ3n) is 2.69. The van der Waals surface area contributed by atoms with Crippen LogP contribution in [0.3, 0.4) is 0 Å². The fraction of sp³-hybridized carbons (Fsp3) is 0.214. The van der Waals surface area contributed by atoms with Gasteiger partial charge in [-0.05, 0) is 11.6 Å². The van der Waals surface area contributed by atoms with Gasteiger partial charge in [-0.15, -0.1) is 0 Å². The summed E-state index contributed by atoms with van der Waals surface area (Å²) in [5.74, 6) is -1.31. The summed E-state index contributed by atoms with van der Waals surface area (Å²) in [6, 6.07) is 11.4. The Morgan fingerprint density at radius 1 is 1.20 bits per heavy atom. The molecular weight excluding hydrogens is 258 g/mol. The molecule has 1 aromatic carbocycles. The van der Waals surface area contributed by atoms with Gasteiger partial charge in [0.1, 0.15) is 5.69 Å². The van der Waals surface area contributed by atoms with Crippen molar-refractivity contribution in [3.05, 3.63) is 53.9 Å². The highest BCUT2D eigenvalue weighted by Crippen LogP contribution is 2.03. The summed E-state index contributed by atoms with van der Waals surface area (Å²) in [5.41, 5.74) is 1.37. The lowest BCUT2D eigenvalue weighted by Gasteiger charge is -2.02. The molecule has 0 saturated heterocycles. The van der Waals surface area contributed by atoms with Gasteiger partial charge in [-0.25, -0.2) is 0 Å². The van der Waals surface area contributed by atoms with Crippen molar-refractivity contribution < 1.29 is 14.7 Å². The van der Waals surface area contributed by atoms with Crippen molar-refractivity contribution in [1.82, 2.24) is 15.1 Å². The van der Waals surface area contributed by atoms with Crippen LogP contribution >= 0.6 is 0 Å². The van der Waals surface area contributed by atoms with Crippen LogP contribution in [-0.4, -0.2) is 33.3 Å². The first-order valence-corrected chi connectivity index (χ1v) is 6.22. The number of hydrogen-bond donors (Lipinski definition) is 2. The number of aromatic nitrogens is 2. The van der Waals surface area contributed by atoms with E-state index in [2.05, 4.69) is 10.4 Å². The zero-order valence-electron chi connectivity index (χ0n) is 10.8. The molecule has 6 nitrogen and oxygen atoms in total. The molecule has 0 aliphatic rings. The van der Waals surface area contributed by atoms with Gasteiger partial charge in [0, 0.05) is 12.7 Å². The van der Waals surface area contributed by atoms with Gasteiger partial charge in [0.05, 0.1) is 13.0 Å². The Bertz CT molecular complexity index is 593. The molecule has 0 radical (unpaired) electrons. The van der Waals surface area contributed by atoms with Crippen molar-refractivity contribution in [1.29, 1.82) is 0 Å². The highest BCUT2D eigenvalue weighted by Gasteiger charge is 2.09. The maximum atomic E-state index is 11.7. The molecule has 2 N–H and O–H groups in total. The second kappa shape index (κ2) is 6.51. The van der Waals surface area contributed by atoms with Crippen LogP contribution in [0.2, 0.25) is 0 Å². The fourth-order valence-electron chi connectivity index (χ4n) is 1.71. The number of rotatable bonds is 6. The molecule has 1 amide bonds. The largest absolute Gasteiger partial charge is 0.481 e. The minimum absolute atomic E-state index is 0.0969. The summed E-state index contributed by atoms with van der Waals surface area (Å²) in [6.45, 7) is 0.683. The van der Waals surface area contributed by atoms with Gasteiger partial charge >= 0.3 is 5.97 Å². The number of nitrogens with one attached hydrogen (secondary N) is 1. The van der Waals surface area contributed by atoms with E-state index in [0.717, 1.165) is 5.56 Å². The molecule has 1 aromatic heterocycles. The van der Waals surface area contributed by atoms with Crippen molar-refractivity contribution in [3.63, 3.8) is 0 Å². The Hall–Kier alpha value is -2.63. The Morgan fingerprint density at radius 2 is 1.95 bits per heavy atom. The zero-order chi connectivity index (χ0) is 14.4. The number of carboxylic acids is 1. The number of benzene rings is 1. The van der Waals surface area contributed by atoms with Gasteiger partial charge in [-0.1, -0.05) is 30.3 Å². The average Bonchev–Trinajstić information content (AvgIpc) is 2.88. The maximum Gasteiger partial charge on any atom is 0.305 e. The third kappa shape index (κ3) is 3.94. The Balaban J connectivity index is 1.91. The van der Waals surface area contributed by atoms with E-state index in [4.69, 9.17) is 5.11 Å². The monoisotopic (exact) mass is 273 g/mol. The quantitative estimate of drug-likeness (QED) is 0.826. The van der Waals surface area contributed by atoms with Crippen LogP contribution in [0, 0.1) is 0 Å². The van der Waals surface area contributed by atoms with E-state index in [-0.39, 0.29) is 24.6 Å². The van der Waals surface area contributed by atoms with E-state index in [1.807, 2.05) is 30.3 Å². The Morgan fingerprint density at radius 3 is 2.65 bits per heavy atom. The summed E-state index contributed by atoms with van der Waals surface area (Å²) in [7, 11) is 0. The van der Waals surface area contributed by atoms with Gasteiger partial charge in [0.15, 0.2) is 0 Å².